The third-order valence-corrected chi connectivity index (χ3v) is 4.74. The molecule has 2 aromatic carbocycles. The van der Waals surface area contributed by atoms with Crippen LogP contribution in [-0.2, 0) is 17.7 Å². The molecule has 6 heteroatoms. The summed E-state index contributed by atoms with van der Waals surface area (Å²) >= 11 is 0. The van der Waals surface area contributed by atoms with Gasteiger partial charge in [0.1, 0.15) is 12.4 Å². The summed E-state index contributed by atoms with van der Waals surface area (Å²) in [4.78, 5) is 6.79. The molecule has 0 saturated carbocycles. The number of anilines is 1. The monoisotopic (exact) mass is 382 g/mol. The number of aryl methyl sites for hydroxylation is 1. The lowest BCUT2D eigenvalue weighted by Gasteiger charge is -2.26. The SMILES string of the molecule is CCc1ccc(NC(N)=NCc2cccc(OCCN3CCOCC3)c2)cc1. The summed E-state index contributed by atoms with van der Waals surface area (Å²) in [5, 5.41) is 3.13. The Bertz CT molecular complexity index is 755. The topological polar surface area (TPSA) is 72.1 Å². The van der Waals surface area contributed by atoms with Gasteiger partial charge in [-0.2, -0.15) is 0 Å². The summed E-state index contributed by atoms with van der Waals surface area (Å²) in [5.74, 6) is 1.27. The summed E-state index contributed by atoms with van der Waals surface area (Å²) in [6.07, 6.45) is 1.02. The van der Waals surface area contributed by atoms with Gasteiger partial charge in [0.05, 0.1) is 19.8 Å². The molecule has 0 amide bonds. The van der Waals surface area contributed by atoms with Crippen LogP contribution >= 0.6 is 0 Å². The van der Waals surface area contributed by atoms with Crippen molar-refractivity contribution in [2.45, 2.75) is 19.9 Å². The number of aliphatic imine (C=N–C) groups is 1. The molecule has 1 saturated heterocycles. The van der Waals surface area contributed by atoms with Crippen molar-refractivity contribution < 1.29 is 9.47 Å². The highest BCUT2D eigenvalue weighted by atomic mass is 16.5. The van der Waals surface area contributed by atoms with Gasteiger partial charge in [-0.25, -0.2) is 4.99 Å². The van der Waals surface area contributed by atoms with Crippen molar-refractivity contribution in [3.05, 3.63) is 59.7 Å². The molecule has 3 rings (SSSR count). The molecular formula is C22H30N4O2. The van der Waals surface area contributed by atoms with Gasteiger partial charge in [0.25, 0.3) is 0 Å². The molecule has 0 spiro atoms. The van der Waals surface area contributed by atoms with Crippen molar-refractivity contribution in [2.75, 3.05) is 44.8 Å². The van der Waals surface area contributed by atoms with E-state index in [1.165, 1.54) is 5.56 Å². The zero-order valence-corrected chi connectivity index (χ0v) is 16.6. The van der Waals surface area contributed by atoms with Gasteiger partial charge in [0.2, 0.25) is 0 Å². The van der Waals surface area contributed by atoms with E-state index in [0.29, 0.717) is 19.1 Å². The maximum atomic E-state index is 6.02. The number of ether oxygens (including phenoxy) is 2. The van der Waals surface area contributed by atoms with Crippen LogP contribution < -0.4 is 15.8 Å². The molecule has 1 aliphatic rings. The van der Waals surface area contributed by atoms with Crippen LogP contribution in [0.3, 0.4) is 0 Å². The summed E-state index contributed by atoms with van der Waals surface area (Å²) < 4.78 is 11.3. The number of nitrogens with two attached hydrogens (primary N) is 1. The van der Waals surface area contributed by atoms with Gasteiger partial charge in [-0.1, -0.05) is 31.2 Å². The first-order valence-corrected chi connectivity index (χ1v) is 9.90. The third kappa shape index (κ3) is 6.55. The molecule has 6 nitrogen and oxygen atoms in total. The third-order valence-electron chi connectivity index (χ3n) is 4.74. The highest BCUT2D eigenvalue weighted by Crippen LogP contribution is 2.15. The van der Waals surface area contributed by atoms with Gasteiger partial charge in [-0.3, -0.25) is 4.90 Å². The van der Waals surface area contributed by atoms with E-state index >= 15 is 0 Å². The normalized spacial score (nSPS) is 15.4. The van der Waals surface area contributed by atoms with Gasteiger partial charge in [0.15, 0.2) is 5.96 Å². The van der Waals surface area contributed by atoms with Gasteiger partial charge in [0, 0.05) is 25.3 Å². The fourth-order valence-corrected chi connectivity index (χ4v) is 3.04. The van der Waals surface area contributed by atoms with E-state index in [1.54, 1.807) is 0 Å². The van der Waals surface area contributed by atoms with E-state index in [0.717, 1.165) is 56.3 Å². The molecule has 3 N–H and O–H groups in total. The summed E-state index contributed by atoms with van der Waals surface area (Å²) in [6, 6.07) is 16.2. The summed E-state index contributed by atoms with van der Waals surface area (Å²) in [6.45, 7) is 7.81. The van der Waals surface area contributed by atoms with Crippen molar-refractivity contribution in [1.82, 2.24) is 4.90 Å². The Labute approximate surface area is 167 Å². The first-order valence-electron chi connectivity index (χ1n) is 9.90. The predicted octanol–water partition coefficient (Wildman–Crippen LogP) is 2.89. The zero-order chi connectivity index (χ0) is 19.6. The number of rotatable bonds is 8. The lowest BCUT2D eigenvalue weighted by atomic mass is 10.1. The maximum absolute atomic E-state index is 6.02. The second-order valence-corrected chi connectivity index (χ2v) is 6.83. The molecule has 1 heterocycles. The van der Waals surface area contributed by atoms with Crippen LogP contribution in [0.25, 0.3) is 0 Å². The number of benzene rings is 2. The Morgan fingerprint density at radius 3 is 2.68 bits per heavy atom. The molecule has 150 valence electrons. The van der Waals surface area contributed by atoms with Crippen LogP contribution in [-0.4, -0.2) is 50.3 Å². The number of nitrogens with one attached hydrogen (secondary N) is 1. The highest BCUT2D eigenvalue weighted by molar-refractivity contribution is 5.92. The second-order valence-electron chi connectivity index (χ2n) is 6.83. The molecule has 0 aliphatic carbocycles. The van der Waals surface area contributed by atoms with E-state index < -0.39 is 0 Å². The van der Waals surface area contributed by atoms with Crippen molar-refractivity contribution >= 4 is 11.6 Å². The van der Waals surface area contributed by atoms with Crippen molar-refractivity contribution in [3.63, 3.8) is 0 Å². The number of hydrogen-bond donors (Lipinski definition) is 2. The number of guanidine groups is 1. The molecule has 0 atom stereocenters. The van der Waals surface area contributed by atoms with Crippen LogP contribution in [0.5, 0.6) is 5.75 Å². The summed E-state index contributed by atoms with van der Waals surface area (Å²) in [7, 11) is 0. The minimum absolute atomic E-state index is 0.405. The molecular weight excluding hydrogens is 352 g/mol. The zero-order valence-electron chi connectivity index (χ0n) is 16.6. The first-order chi connectivity index (χ1) is 13.7. The molecule has 0 unspecified atom stereocenters. The molecule has 0 aromatic heterocycles. The van der Waals surface area contributed by atoms with E-state index in [4.69, 9.17) is 15.2 Å². The van der Waals surface area contributed by atoms with Gasteiger partial charge >= 0.3 is 0 Å². The van der Waals surface area contributed by atoms with Crippen LogP contribution in [0.1, 0.15) is 18.1 Å². The largest absolute Gasteiger partial charge is 0.492 e. The van der Waals surface area contributed by atoms with Crippen molar-refractivity contribution in [3.8, 4) is 5.75 Å². The molecule has 2 aromatic rings. The second kappa shape index (κ2) is 10.7. The predicted molar refractivity (Wildman–Crippen MR) is 114 cm³/mol. The van der Waals surface area contributed by atoms with Crippen LogP contribution in [0.15, 0.2) is 53.5 Å². The minimum atomic E-state index is 0.405. The Morgan fingerprint density at radius 1 is 1.14 bits per heavy atom. The highest BCUT2D eigenvalue weighted by Gasteiger charge is 2.09. The maximum Gasteiger partial charge on any atom is 0.193 e. The molecule has 0 bridgehead atoms. The minimum Gasteiger partial charge on any atom is -0.492 e. The Hall–Kier alpha value is -2.57. The average molecular weight is 383 g/mol. The fourth-order valence-electron chi connectivity index (χ4n) is 3.04. The molecule has 0 radical (unpaired) electrons. The quantitative estimate of drug-likeness (QED) is 0.543. The average Bonchev–Trinajstić information content (AvgIpc) is 2.74. The smallest absolute Gasteiger partial charge is 0.193 e. The van der Waals surface area contributed by atoms with Crippen molar-refractivity contribution in [1.29, 1.82) is 0 Å². The number of morpholine rings is 1. The van der Waals surface area contributed by atoms with E-state index in [2.05, 4.69) is 34.3 Å². The summed E-state index contributed by atoms with van der Waals surface area (Å²) in [5.41, 5.74) is 9.32. The lowest BCUT2D eigenvalue weighted by Crippen LogP contribution is -2.38. The van der Waals surface area contributed by atoms with Gasteiger partial charge in [-0.05, 0) is 41.8 Å². The van der Waals surface area contributed by atoms with Crippen LogP contribution in [0.2, 0.25) is 0 Å². The fraction of sp³-hybridized carbons (Fsp3) is 0.409. The Kier molecular flexibility index (Phi) is 7.70. The van der Waals surface area contributed by atoms with E-state index in [-0.39, 0.29) is 0 Å². The van der Waals surface area contributed by atoms with Crippen LogP contribution in [0.4, 0.5) is 5.69 Å². The lowest BCUT2D eigenvalue weighted by molar-refractivity contribution is 0.0322. The molecule has 1 aliphatic heterocycles. The number of nitrogens with zero attached hydrogens (tertiary/aromatic N) is 2. The standard InChI is InChI=1S/C22H30N4O2/c1-2-18-6-8-20(9-7-18)25-22(23)24-17-19-4-3-5-21(16-19)28-15-12-26-10-13-27-14-11-26/h3-9,16H,2,10-15,17H2,1H3,(H3,23,24,25). The Morgan fingerprint density at radius 2 is 1.93 bits per heavy atom. The Balaban J connectivity index is 1.46. The number of hydrogen-bond acceptors (Lipinski definition) is 4. The van der Waals surface area contributed by atoms with Crippen molar-refractivity contribution in [2.24, 2.45) is 10.7 Å². The van der Waals surface area contributed by atoms with Gasteiger partial charge < -0.3 is 20.5 Å². The first kappa shape index (κ1) is 20.2. The molecule has 1 fully saturated rings. The van der Waals surface area contributed by atoms with E-state index in [1.807, 2.05) is 36.4 Å². The van der Waals surface area contributed by atoms with E-state index in [9.17, 15) is 0 Å². The molecule has 28 heavy (non-hydrogen) atoms. The van der Waals surface area contributed by atoms with Crippen LogP contribution in [0, 0.1) is 0 Å². The van der Waals surface area contributed by atoms with Gasteiger partial charge in [-0.15, -0.1) is 0 Å².